The molecule has 0 saturated carbocycles. The van der Waals surface area contributed by atoms with Crippen molar-refractivity contribution < 1.29 is 9.94 Å². The zero-order valence-electron chi connectivity index (χ0n) is 9.50. The Balaban J connectivity index is 2.23. The van der Waals surface area contributed by atoms with Gasteiger partial charge in [0, 0.05) is 5.56 Å². The van der Waals surface area contributed by atoms with Crippen LogP contribution in [0.3, 0.4) is 0 Å². The van der Waals surface area contributed by atoms with Gasteiger partial charge in [-0.1, -0.05) is 35.5 Å². The van der Waals surface area contributed by atoms with Crippen LogP contribution in [0.4, 0.5) is 0 Å². The molecule has 0 amide bonds. The van der Waals surface area contributed by atoms with Gasteiger partial charge in [-0.25, -0.2) is 0 Å². The summed E-state index contributed by atoms with van der Waals surface area (Å²) in [6.07, 6.45) is 0. The molecule has 0 unspecified atom stereocenters. The van der Waals surface area contributed by atoms with E-state index in [0.717, 1.165) is 17.1 Å². The summed E-state index contributed by atoms with van der Waals surface area (Å²) in [4.78, 5) is 0. The van der Waals surface area contributed by atoms with Crippen LogP contribution < -0.4 is 4.74 Å². The fraction of sp³-hybridized carbons (Fsp3) is 0.0714. The molecule has 1 N–H and O–H groups in total. The smallest absolute Gasteiger partial charge is 0.128 e. The summed E-state index contributed by atoms with van der Waals surface area (Å²) in [7, 11) is 0. The minimum Gasteiger partial charge on any atom is -0.457 e. The Bertz CT molecular complexity index is 521. The second kappa shape index (κ2) is 5.16. The van der Waals surface area contributed by atoms with E-state index in [4.69, 9.17) is 9.94 Å². The van der Waals surface area contributed by atoms with Gasteiger partial charge in [0.1, 0.15) is 11.5 Å². The Labute approximate surface area is 100.0 Å². The van der Waals surface area contributed by atoms with Crippen molar-refractivity contribution in [1.29, 1.82) is 0 Å². The van der Waals surface area contributed by atoms with E-state index < -0.39 is 0 Å². The number of oxime groups is 1. The van der Waals surface area contributed by atoms with Gasteiger partial charge in [0.05, 0.1) is 5.71 Å². The van der Waals surface area contributed by atoms with Crippen LogP contribution in [0.15, 0.2) is 59.8 Å². The van der Waals surface area contributed by atoms with Crippen molar-refractivity contribution in [3.8, 4) is 11.5 Å². The van der Waals surface area contributed by atoms with Crippen LogP contribution in [0, 0.1) is 0 Å². The summed E-state index contributed by atoms with van der Waals surface area (Å²) in [5, 5.41) is 11.9. The van der Waals surface area contributed by atoms with E-state index in [9.17, 15) is 0 Å². The third-order valence-corrected chi connectivity index (χ3v) is 2.38. The average Bonchev–Trinajstić information content (AvgIpc) is 2.39. The average molecular weight is 227 g/mol. The molecule has 86 valence electrons. The number of hydrogen-bond donors (Lipinski definition) is 1. The molecule has 0 saturated heterocycles. The quantitative estimate of drug-likeness (QED) is 0.493. The van der Waals surface area contributed by atoms with Gasteiger partial charge in [-0.2, -0.15) is 0 Å². The minimum absolute atomic E-state index is 0.559. The lowest BCUT2D eigenvalue weighted by Gasteiger charge is -2.06. The normalized spacial score (nSPS) is 11.2. The lowest BCUT2D eigenvalue weighted by molar-refractivity contribution is 0.319. The van der Waals surface area contributed by atoms with Gasteiger partial charge in [0.2, 0.25) is 0 Å². The van der Waals surface area contributed by atoms with E-state index in [1.54, 1.807) is 6.92 Å². The SMILES string of the molecule is CC(=NO)c1cccc(Oc2ccccc2)c1. The van der Waals surface area contributed by atoms with E-state index in [2.05, 4.69) is 5.16 Å². The second-order valence-corrected chi connectivity index (χ2v) is 3.63. The van der Waals surface area contributed by atoms with Gasteiger partial charge >= 0.3 is 0 Å². The van der Waals surface area contributed by atoms with E-state index in [0.29, 0.717) is 5.71 Å². The van der Waals surface area contributed by atoms with Crippen molar-refractivity contribution in [1.82, 2.24) is 0 Å². The van der Waals surface area contributed by atoms with Crippen LogP contribution in [0.1, 0.15) is 12.5 Å². The van der Waals surface area contributed by atoms with Crippen molar-refractivity contribution in [2.24, 2.45) is 5.16 Å². The van der Waals surface area contributed by atoms with Gasteiger partial charge in [-0.05, 0) is 31.2 Å². The zero-order valence-corrected chi connectivity index (χ0v) is 9.50. The molecule has 3 nitrogen and oxygen atoms in total. The number of hydrogen-bond acceptors (Lipinski definition) is 3. The highest BCUT2D eigenvalue weighted by molar-refractivity contribution is 5.98. The highest BCUT2D eigenvalue weighted by Gasteiger charge is 2.01. The molecule has 2 aromatic carbocycles. The molecule has 2 rings (SSSR count). The maximum atomic E-state index is 8.72. The first-order chi connectivity index (χ1) is 8.29. The topological polar surface area (TPSA) is 41.8 Å². The van der Waals surface area contributed by atoms with Crippen molar-refractivity contribution in [3.05, 3.63) is 60.2 Å². The highest BCUT2D eigenvalue weighted by Crippen LogP contribution is 2.21. The predicted octanol–water partition coefficient (Wildman–Crippen LogP) is 3.68. The molecule has 0 aliphatic heterocycles. The Morgan fingerprint density at radius 2 is 1.71 bits per heavy atom. The molecular weight excluding hydrogens is 214 g/mol. The zero-order chi connectivity index (χ0) is 12.1. The molecule has 0 atom stereocenters. The monoisotopic (exact) mass is 227 g/mol. The molecule has 17 heavy (non-hydrogen) atoms. The molecule has 0 aromatic heterocycles. The number of nitrogens with zero attached hydrogens (tertiary/aromatic N) is 1. The minimum atomic E-state index is 0.559. The molecule has 0 aliphatic carbocycles. The first kappa shape index (κ1) is 11.2. The fourth-order valence-electron chi connectivity index (χ4n) is 1.47. The summed E-state index contributed by atoms with van der Waals surface area (Å²) in [6.45, 7) is 1.74. The van der Waals surface area contributed by atoms with Gasteiger partial charge in [0.25, 0.3) is 0 Å². The summed E-state index contributed by atoms with van der Waals surface area (Å²) < 4.78 is 5.68. The Kier molecular flexibility index (Phi) is 3.40. The van der Waals surface area contributed by atoms with Gasteiger partial charge < -0.3 is 9.94 Å². The van der Waals surface area contributed by atoms with Crippen LogP contribution >= 0.6 is 0 Å². The maximum Gasteiger partial charge on any atom is 0.128 e. The first-order valence-corrected chi connectivity index (χ1v) is 5.31. The summed E-state index contributed by atoms with van der Waals surface area (Å²) in [5.74, 6) is 1.50. The maximum absolute atomic E-state index is 8.72. The van der Waals surface area contributed by atoms with Crippen LogP contribution in [-0.4, -0.2) is 10.9 Å². The molecule has 0 bridgehead atoms. The van der Waals surface area contributed by atoms with Gasteiger partial charge in [0.15, 0.2) is 0 Å². The Hall–Kier alpha value is -2.29. The van der Waals surface area contributed by atoms with Crippen LogP contribution in [0.25, 0.3) is 0 Å². The Morgan fingerprint density at radius 3 is 2.41 bits per heavy atom. The van der Waals surface area contributed by atoms with Crippen LogP contribution in [0.5, 0.6) is 11.5 Å². The number of benzene rings is 2. The number of para-hydroxylation sites is 1. The van der Waals surface area contributed by atoms with Crippen molar-refractivity contribution in [2.45, 2.75) is 6.92 Å². The van der Waals surface area contributed by atoms with Crippen molar-refractivity contribution in [2.75, 3.05) is 0 Å². The highest BCUT2D eigenvalue weighted by atomic mass is 16.5. The summed E-state index contributed by atoms with van der Waals surface area (Å²) >= 11 is 0. The third kappa shape index (κ3) is 2.84. The lowest BCUT2D eigenvalue weighted by Crippen LogP contribution is -1.94. The van der Waals surface area contributed by atoms with Crippen LogP contribution in [-0.2, 0) is 0 Å². The molecule has 0 heterocycles. The Morgan fingerprint density at radius 1 is 1.00 bits per heavy atom. The van der Waals surface area contributed by atoms with Crippen molar-refractivity contribution in [3.63, 3.8) is 0 Å². The van der Waals surface area contributed by atoms with E-state index >= 15 is 0 Å². The lowest BCUT2D eigenvalue weighted by atomic mass is 10.1. The molecule has 0 radical (unpaired) electrons. The number of ether oxygens (including phenoxy) is 1. The molecule has 0 spiro atoms. The van der Waals surface area contributed by atoms with E-state index in [1.807, 2.05) is 54.6 Å². The van der Waals surface area contributed by atoms with Gasteiger partial charge in [-0.15, -0.1) is 0 Å². The van der Waals surface area contributed by atoms with Crippen LogP contribution in [0.2, 0.25) is 0 Å². The van der Waals surface area contributed by atoms with E-state index in [1.165, 1.54) is 0 Å². The number of rotatable bonds is 3. The first-order valence-electron chi connectivity index (χ1n) is 5.31. The molecular formula is C14H13NO2. The predicted molar refractivity (Wildman–Crippen MR) is 67.0 cm³/mol. The third-order valence-electron chi connectivity index (χ3n) is 2.38. The molecule has 3 heteroatoms. The molecule has 2 aromatic rings. The fourth-order valence-corrected chi connectivity index (χ4v) is 1.47. The standard InChI is InChI=1S/C14H13NO2/c1-11(15-16)12-6-5-9-14(10-12)17-13-7-3-2-4-8-13/h2-10,16H,1H3. The van der Waals surface area contributed by atoms with E-state index in [-0.39, 0.29) is 0 Å². The largest absolute Gasteiger partial charge is 0.457 e. The summed E-state index contributed by atoms with van der Waals surface area (Å²) in [5.41, 5.74) is 1.39. The molecule has 0 aliphatic rings. The summed E-state index contributed by atoms with van der Waals surface area (Å²) in [6, 6.07) is 17.0. The van der Waals surface area contributed by atoms with Gasteiger partial charge in [-0.3, -0.25) is 0 Å². The second-order valence-electron chi connectivity index (χ2n) is 3.63. The molecule has 0 fully saturated rings. The van der Waals surface area contributed by atoms with Crippen molar-refractivity contribution >= 4 is 5.71 Å².